The van der Waals surface area contributed by atoms with Gasteiger partial charge in [-0.05, 0) is 42.8 Å². The summed E-state index contributed by atoms with van der Waals surface area (Å²) in [5.74, 6) is -0.0848. The highest BCUT2D eigenvalue weighted by Gasteiger charge is 2.02. The molecule has 0 spiro atoms. The number of hydrogen-bond donors (Lipinski definition) is 2. The molecule has 1 heterocycles. The Kier molecular flexibility index (Phi) is 5.53. The zero-order valence-electron chi connectivity index (χ0n) is 11.0. The molecule has 0 aliphatic heterocycles. The van der Waals surface area contributed by atoms with Gasteiger partial charge in [-0.3, -0.25) is 9.78 Å². The molecule has 0 radical (unpaired) electrons. The minimum absolute atomic E-state index is 0.0848. The Morgan fingerprint density at radius 2 is 2.15 bits per heavy atom. The van der Waals surface area contributed by atoms with Gasteiger partial charge in [0.25, 0.3) is 0 Å². The Labute approximate surface area is 123 Å². The Morgan fingerprint density at radius 3 is 2.90 bits per heavy atom. The van der Waals surface area contributed by atoms with Crippen molar-refractivity contribution >= 4 is 23.2 Å². The van der Waals surface area contributed by atoms with Crippen molar-refractivity contribution in [3.63, 3.8) is 0 Å². The van der Waals surface area contributed by atoms with Crippen LogP contribution in [-0.2, 0) is 11.2 Å². The van der Waals surface area contributed by atoms with Crippen LogP contribution in [0.15, 0.2) is 48.8 Å². The fourth-order valence-electron chi connectivity index (χ4n) is 1.75. The molecule has 0 unspecified atom stereocenters. The highest BCUT2D eigenvalue weighted by molar-refractivity contribution is 6.30. The molecule has 5 heteroatoms. The molecule has 4 nitrogen and oxygen atoms in total. The number of rotatable bonds is 6. The maximum absolute atomic E-state index is 11.7. The lowest BCUT2D eigenvalue weighted by molar-refractivity contribution is -0.115. The van der Waals surface area contributed by atoms with Gasteiger partial charge in [0, 0.05) is 23.1 Å². The summed E-state index contributed by atoms with van der Waals surface area (Å²) in [6.07, 6.45) is 4.42. The Morgan fingerprint density at radius 1 is 1.25 bits per heavy atom. The van der Waals surface area contributed by atoms with E-state index in [9.17, 15) is 4.79 Å². The van der Waals surface area contributed by atoms with E-state index in [-0.39, 0.29) is 12.5 Å². The zero-order chi connectivity index (χ0) is 14.2. The van der Waals surface area contributed by atoms with Crippen LogP contribution in [0.3, 0.4) is 0 Å². The molecule has 2 rings (SSSR count). The van der Waals surface area contributed by atoms with Crippen molar-refractivity contribution in [2.24, 2.45) is 0 Å². The fourth-order valence-corrected chi connectivity index (χ4v) is 1.94. The first-order valence-corrected chi connectivity index (χ1v) is 6.77. The molecule has 1 aromatic heterocycles. The molecule has 2 aromatic rings. The van der Waals surface area contributed by atoms with Gasteiger partial charge in [0.05, 0.1) is 6.54 Å². The number of hydrogen-bond acceptors (Lipinski definition) is 3. The third kappa shape index (κ3) is 4.99. The SMILES string of the molecule is O=C(CNCCc1cccnc1)Nc1cccc(Cl)c1. The number of carbonyl (C=O) groups excluding carboxylic acids is 1. The minimum Gasteiger partial charge on any atom is -0.325 e. The van der Waals surface area contributed by atoms with Gasteiger partial charge in [0.2, 0.25) is 5.91 Å². The third-order valence-corrected chi connectivity index (χ3v) is 2.94. The second kappa shape index (κ2) is 7.62. The van der Waals surface area contributed by atoms with E-state index < -0.39 is 0 Å². The molecule has 0 saturated carbocycles. The van der Waals surface area contributed by atoms with E-state index in [1.54, 1.807) is 30.5 Å². The van der Waals surface area contributed by atoms with Crippen molar-refractivity contribution in [2.75, 3.05) is 18.4 Å². The Balaban J connectivity index is 1.68. The van der Waals surface area contributed by atoms with Crippen molar-refractivity contribution in [3.05, 3.63) is 59.4 Å². The molecule has 2 N–H and O–H groups in total. The number of amides is 1. The summed E-state index contributed by atoms with van der Waals surface area (Å²) in [4.78, 5) is 15.7. The maximum Gasteiger partial charge on any atom is 0.238 e. The first-order chi connectivity index (χ1) is 9.74. The van der Waals surface area contributed by atoms with E-state index in [4.69, 9.17) is 11.6 Å². The van der Waals surface area contributed by atoms with E-state index in [1.165, 1.54) is 0 Å². The maximum atomic E-state index is 11.7. The highest BCUT2D eigenvalue weighted by atomic mass is 35.5. The Hall–Kier alpha value is -1.91. The number of aromatic nitrogens is 1. The summed E-state index contributed by atoms with van der Waals surface area (Å²) in [6.45, 7) is 1.00. The van der Waals surface area contributed by atoms with Gasteiger partial charge >= 0.3 is 0 Å². The molecular formula is C15H16ClN3O. The molecule has 1 aromatic carbocycles. The van der Waals surface area contributed by atoms with Crippen LogP contribution in [-0.4, -0.2) is 24.0 Å². The van der Waals surface area contributed by atoms with Gasteiger partial charge in [0.1, 0.15) is 0 Å². The van der Waals surface area contributed by atoms with Crippen LogP contribution < -0.4 is 10.6 Å². The zero-order valence-corrected chi connectivity index (χ0v) is 11.7. The van der Waals surface area contributed by atoms with Crippen LogP contribution >= 0.6 is 11.6 Å². The quantitative estimate of drug-likeness (QED) is 0.804. The molecule has 1 amide bonds. The summed E-state index contributed by atoms with van der Waals surface area (Å²) in [6, 6.07) is 11.0. The van der Waals surface area contributed by atoms with Gasteiger partial charge in [-0.2, -0.15) is 0 Å². The molecule has 0 saturated heterocycles. The molecule has 20 heavy (non-hydrogen) atoms. The van der Waals surface area contributed by atoms with Crippen LogP contribution in [0, 0.1) is 0 Å². The normalized spacial score (nSPS) is 10.2. The molecule has 0 aliphatic carbocycles. The van der Waals surface area contributed by atoms with E-state index in [2.05, 4.69) is 15.6 Å². The number of nitrogens with zero attached hydrogens (tertiary/aromatic N) is 1. The summed E-state index contributed by atoms with van der Waals surface area (Å²) < 4.78 is 0. The standard InChI is InChI=1S/C15H16ClN3O/c16-13-4-1-5-14(9-13)19-15(20)11-18-8-6-12-3-2-7-17-10-12/h1-5,7,9-10,18H,6,8,11H2,(H,19,20). The van der Waals surface area contributed by atoms with Crippen molar-refractivity contribution in [1.82, 2.24) is 10.3 Å². The van der Waals surface area contributed by atoms with E-state index in [0.717, 1.165) is 18.5 Å². The van der Waals surface area contributed by atoms with Crippen LogP contribution in [0.1, 0.15) is 5.56 Å². The van der Waals surface area contributed by atoms with E-state index >= 15 is 0 Å². The minimum atomic E-state index is -0.0848. The van der Waals surface area contributed by atoms with E-state index in [1.807, 2.05) is 18.3 Å². The Bertz CT molecular complexity index is 560. The monoisotopic (exact) mass is 289 g/mol. The average Bonchev–Trinajstić information content (AvgIpc) is 2.45. The molecule has 104 valence electrons. The first-order valence-electron chi connectivity index (χ1n) is 6.39. The topological polar surface area (TPSA) is 54.0 Å². The van der Waals surface area contributed by atoms with Gasteiger partial charge in [-0.15, -0.1) is 0 Å². The molecular weight excluding hydrogens is 274 g/mol. The third-order valence-electron chi connectivity index (χ3n) is 2.71. The lowest BCUT2D eigenvalue weighted by Crippen LogP contribution is -2.29. The number of halogens is 1. The fraction of sp³-hybridized carbons (Fsp3) is 0.200. The van der Waals surface area contributed by atoms with Gasteiger partial charge < -0.3 is 10.6 Å². The van der Waals surface area contributed by atoms with Crippen LogP contribution in [0.25, 0.3) is 0 Å². The second-order valence-electron chi connectivity index (χ2n) is 4.35. The van der Waals surface area contributed by atoms with E-state index in [0.29, 0.717) is 10.7 Å². The second-order valence-corrected chi connectivity index (χ2v) is 4.78. The van der Waals surface area contributed by atoms with Crippen LogP contribution in [0.5, 0.6) is 0 Å². The number of nitrogens with one attached hydrogen (secondary N) is 2. The summed E-state index contributed by atoms with van der Waals surface area (Å²) in [7, 11) is 0. The summed E-state index contributed by atoms with van der Waals surface area (Å²) in [5.41, 5.74) is 1.85. The summed E-state index contributed by atoms with van der Waals surface area (Å²) in [5, 5.41) is 6.48. The predicted octanol–water partition coefficient (Wildman–Crippen LogP) is 2.51. The lowest BCUT2D eigenvalue weighted by Gasteiger charge is -2.07. The number of pyridine rings is 1. The largest absolute Gasteiger partial charge is 0.325 e. The molecule has 0 bridgehead atoms. The van der Waals surface area contributed by atoms with Crippen molar-refractivity contribution in [1.29, 1.82) is 0 Å². The van der Waals surface area contributed by atoms with Crippen molar-refractivity contribution < 1.29 is 4.79 Å². The number of carbonyl (C=O) groups is 1. The smallest absolute Gasteiger partial charge is 0.238 e. The molecule has 0 fully saturated rings. The number of benzene rings is 1. The predicted molar refractivity (Wildman–Crippen MR) is 80.9 cm³/mol. The lowest BCUT2D eigenvalue weighted by atomic mass is 10.2. The van der Waals surface area contributed by atoms with Crippen molar-refractivity contribution in [3.8, 4) is 0 Å². The summed E-state index contributed by atoms with van der Waals surface area (Å²) >= 11 is 5.85. The van der Waals surface area contributed by atoms with Crippen LogP contribution in [0.4, 0.5) is 5.69 Å². The van der Waals surface area contributed by atoms with Gasteiger partial charge in [-0.1, -0.05) is 23.7 Å². The highest BCUT2D eigenvalue weighted by Crippen LogP contribution is 2.14. The molecule has 0 atom stereocenters. The number of anilines is 1. The molecule has 0 aliphatic rings. The van der Waals surface area contributed by atoms with Gasteiger partial charge in [0.15, 0.2) is 0 Å². The van der Waals surface area contributed by atoms with Crippen LogP contribution in [0.2, 0.25) is 5.02 Å². The van der Waals surface area contributed by atoms with Gasteiger partial charge in [-0.25, -0.2) is 0 Å². The van der Waals surface area contributed by atoms with Crippen molar-refractivity contribution in [2.45, 2.75) is 6.42 Å². The average molecular weight is 290 g/mol. The first kappa shape index (κ1) is 14.5.